The Labute approximate surface area is 201 Å². The molecule has 7 heteroatoms. The highest BCUT2D eigenvalue weighted by Crippen LogP contribution is 2.28. The van der Waals surface area contributed by atoms with Gasteiger partial charge in [-0.25, -0.2) is 0 Å². The Balaban J connectivity index is 1.07. The van der Waals surface area contributed by atoms with Gasteiger partial charge in [0, 0.05) is 69.3 Å². The van der Waals surface area contributed by atoms with E-state index in [-0.39, 0.29) is 17.7 Å². The molecular formula is C27H35N5O2. The van der Waals surface area contributed by atoms with Crippen LogP contribution in [0.1, 0.15) is 37.2 Å². The van der Waals surface area contributed by atoms with Crippen LogP contribution in [0.25, 0.3) is 0 Å². The molecular weight excluding hydrogens is 426 g/mol. The number of carbonyl (C=O) groups excluding carboxylic acids is 2. The second-order valence-electron chi connectivity index (χ2n) is 9.90. The van der Waals surface area contributed by atoms with E-state index in [9.17, 15) is 9.59 Å². The average molecular weight is 462 g/mol. The molecule has 180 valence electrons. The number of hydrogen-bond acceptors (Lipinski definition) is 6. The number of carbonyl (C=O) groups is 2. The molecule has 3 heterocycles. The van der Waals surface area contributed by atoms with E-state index in [1.807, 2.05) is 12.1 Å². The first-order chi connectivity index (χ1) is 16.5. The largest absolute Gasteiger partial charge is 0.399 e. The van der Waals surface area contributed by atoms with Gasteiger partial charge in [-0.2, -0.15) is 0 Å². The van der Waals surface area contributed by atoms with E-state index in [0.29, 0.717) is 12.8 Å². The SMILES string of the molecule is Nc1ccc(N2CCC(CN3CCN(c4ccc(C5CCC(=O)NC5=O)cc4)CC3)CC2)cc1. The number of nitrogens with two attached hydrogens (primary N) is 1. The maximum Gasteiger partial charge on any atom is 0.234 e. The van der Waals surface area contributed by atoms with Crippen molar-refractivity contribution in [3.63, 3.8) is 0 Å². The Hall–Kier alpha value is -3.06. The first kappa shape index (κ1) is 22.7. The van der Waals surface area contributed by atoms with E-state index >= 15 is 0 Å². The zero-order valence-corrected chi connectivity index (χ0v) is 19.8. The van der Waals surface area contributed by atoms with Crippen molar-refractivity contribution in [3.05, 3.63) is 54.1 Å². The lowest BCUT2D eigenvalue weighted by atomic mass is 9.90. The molecule has 3 saturated heterocycles. The number of anilines is 3. The number of benzene rings is 2. The van der Waals surface area contributed by atoms with Gasteiger partial charge in [0.25, 0.3) is 0 Å². The molecule has 0 bridgehead atoms. The molecule has 7 nitrogen and oxygen atoms in total. The number of piperazine rings is 1. The minimum absolute atomic E-state index is 0.164. The summed E-state index contributed by atoms with van der Waals surface area (Å²) in [6.07, 6.45) is 3.50. The van der Waals surface area contributed by atoms with E-state index in [1.165, 1.54) is 30.8 Å². The molecule has 1 unspecified atom stereocenters. The van der Waals surface area contributed by atoms with Crippen LogP contribution in [-0.2, 0) is 9.59 Å². The highest BCUT2D eigenvalue weighted by molar-refractivity contribution is 6.00. The fraction of sp³-hybridized carbons (Fsp3) is 0.481. The normalized spacial score (nSPS) is 22.6. The molecule has 2 aromatic carbocycles. The molecule has 3 N–H and O–H groups in total. The Kier molecular flexibility index (Phi) is 6.72. The summed E-state index contributed by atoms with van der Waals surface area (Å²) in [5, 5.41) is 2.46. The summed E-state index contributed by atoms with van der Waals surface area (Å²) >= 11 is 0. The minimum atomic E-state index is -0.213. The second-order valence-corrected chi connectivity index (χ2v) is 9.90. The predicted molar refractivity (Wildman–Crippen MR) is 136 cm³/mol. The van der Waals surface area contributed by atoms with Crippen LogP contribution in [0.4, 0.5) is 17.1 Å². The Bertz CT molecular complexity index is 991. The summed E-state index contributed by atoms with van der Waals surface area (Å²) in [6.45, 7) is 7.67. The van der Waals surface area contributed by atoms with Gasteiger partial charge in [-0.3, -0.25) is 19.8 Å². The molecule has 0 aromatic heterocycles. The fourth-order valence-corrected chi connectivity index (χ4v) is 5.54. The van der Waals surface area contributed by atoms with E-state index in [2.05, 4.69) is 56.4 Å². The summed E-state index contributed by atoms with van der Waals surface area (Å²) in [5.74, 6) is 0.222. The van der Waals surface area contributed by atoms with Crippen LogP contribution in [0.3, 0.4) is 0 Å². The summed E-state index contributed by atoms with van der Waals surface area (Å²) in [5.41, 5.74) is 10.1. The van der Waals surface area contributed by atoms with Crippen molar-refractivity contribution >= 4 is 28.9 Å². The molecule has 3 fully saturated rings. The monoisotopic (exact) mass is 461 g/mol. The Morgan fingerprint density at radius 1 is 0.765 bits per heavy atom. The van der Waals surface area contributed by atoms with Crippen LogP contribution in [-0.4, -0.2) is 62.5 Å². The summed E-state index contributed by atoms with van der Waals surface area (Å²) in [7, 11) is 0. The van der Waals surface area contributed by atoms with Crippen molar-refractivity contribution in [3.8, 4) is 0 Å². The van der Waals surface area contributed by atoms with Crippen LogP contribution in [0.5, 0.6) is 0 Å². The highest BCUT2D eigenvalue weighted by Gasteiger charge is 2.28. The Morgan fingerprint density at radius 3 is 1.97 bits per heavy atom. The lowest BCUT2D eigenvalue weighted by Gasteiger charge is -2.40. The number of piperidine rings is 2. The average Bonchev–Trinajstić information content (AvgIpc) is 2.86. The van der Waals surface area contributed by atoms with Crippen molar-refractivity contribution in [1.29, 1.82) is 0 Å². The van der Waals surface area contributed by atoms with E-state index < -0.39 is 0 Å². The third kappa shape index (κ3) is 5.20. The zero-order chi connectivity index (χ0) is 23.5. The maximum atomic E-state index is 12.1. The van der Waals surface area contributed by atoms with Crippen molar-refractivity contribution in [2.24, 2.45) is 5.92 Å². The van der Waals surface area contributed by atoms with Crippen molar-refractivity contribution < 1.29 is 9.59 Å². The van der Waals surface area contributed by atoms with Gasteiger partial charge in [0.2, 0.25) is 11.8 Å². The van der Waals surface area contributed by atoms with Crippen molar-refractivity contribution in [2.45, 2.75) is 31.6 Å². The summed E-state index contributed by atoms with van der Waals surface area (Å²) in [6, 6.07) is 16.6. The lowest BCUT2D eigenvalue weighted by Crippen LogP contribution is -2.49. The number of hydrogen-bond donors (Lipinski definition) is 2. The van der Waals surface area contributed by atoms with Gasteiger partial charge in [0.15, 0.2) is 0 Å². The first-order valence-corrected chi connectivity index (χ1v) is 12.6. The van der Waals surface area contributed by atoms with Crippen LogP contribution in [0, 0.1) is 5.92 Å². The standard InChI is InChI=1S/C27H35N5O2/c28-22-3-7-24(8-4-22)31-13-11-20(12-14-31)19-30-15-17-32(18-16-30)23-5-1-21(2-6-23)25-9-10-26(33)29-27(25)34/h1-8,20,25H,9-19,28H2,(H,29,33,34). The molecule has 3 aliphatic rings. The van der Waals surface area contributed by atoms with Crippen molar-refractivity contribution in [1.82, 2.24) is 10.2 Å². The van der Waals surface area contributed by atoms with Gasteiger partial charge in [-0.05, 0) is 67.1 Å². The smallest absolute Gasteiger partial charge is 0.234 e. The number of nitrogens with one attached hydrogen (secondary N) is 1. The quantitative estimate of drug-likeness (QED) is 0.526. The number of imide groups is 1. The van der Waals surface area contributed by atoms with Gasteiger partial charge < -0.3 is 15.5 Å². The molecule has 5 rings (SSSR count). The zero-order valence-electron chi connectivity index (χ0n) is 19.8. The van der Waals surface area contributed by atoms with Crippen molar-refractivity contribution in [2.75, 3.05) is 61.3 Å². The van der Waals surface area contributed by atoms with Gasteiger partial charge in [0.05, 0.1) is 5.92 Å². The van der Waals surface area contributed by atoms with Crippen LogP contribution < -0.4 is 20.9 Å². The second kappa shape index (κ2) is 10.1. The number of nitrogen functional groups attached to an aromatic ring is 1. The van der Waals surface area contributed by atoms with Crippen LogP contribution in [0.15, 0.2) is 48.5 Å². The molecule has 2 amide bonds. The fourth-order valence-electron chi connectivity index (χ4n) is 5.54. The molecule has 0 saturated carbocycles. The maximum absolute atomic E-state index is 12.1. The summed E-state index contributed by atoms with van der Waals surface area (Å²) < 4.78 is 0. The number of amides is 2. The van der Waals surface area contributed by atoms with Gasteiger partial charge in [-0.15, -0.1) is 0 Å². The van der Waals surface area contributed by atoms with E-state index in [1.54, 1.807) is 0 Å². The minimum Gasteiger partial charge on any atom is -0.399 e. The van der Waals surface area contributed by atoms with Crippen LogP contribution in [0.2, 0.25) is 0 Å². The summed E-state index contributed by atoms with van der Waals surface area (Å²) in [4.78, 5) is 31.1. The number of rotatable bonds is 5. The molecule has 0 spiro atoms. The highest BCUT2D eigenvalue weighted by atomic mass is 16.2. The molecule has 3 aliphatic heterocycles. The van der Waals surface area contributed by atoms with E-state index in [0.717, 1.165) is 56.4 Å². The molecule has 0 aliphatic carbocycles. The molecule has 34 heavy (non-hydrogen) atoms. The Morgan fingerprint density at radius 2 is 1.35 bits per heavy atom. The lowest BCUT2D eigenvalue weighted by molar-refractivity contribution is -0.134. The van der Waals surface area contributed by atoms with E-state index in [4.69, 9.17) is 5.73 Å². The molecule has 0 radical (unpaired) electrons. The predicted octanol–water partition coefficient (Wildman–Crippen LogP) is 2.83. The van der Waals surface area contributed by atoms with Gasteiger partial charge in [0.1, 0.15) is 0 Å². The topological polar surface area (TPSA) is 81.9 Å². The van der Waals surface area contributed by atoms with Gasteiger partial charge >= 0.3 is 0 Å². The molecule has 1 atom stereocenters. The van der Waals surface area contributed by atoms with Crippen LogP contribution >= 0.6 is 0 Å². The van der Waals surface area contributed by atoms with Gasteiger partial charge in [-0.1, -0.05) is 12.1 Å². The third-order valence-corrected chi connectivity index (χ3v) is 7.66. The third-order valence-electron chi connectivity index (χ3n) is 7.66. The first-order valence-electron chi connectivity index (χ1n) is 12.6. The molecule has 2 aromatic rings. The number of nitrogens with zero attached hydrogens (tertiary/aromatic N) is 3.